The number of thioether (sulfide) groups is 1. The van der Waals surface area contributed by atoms with Crippen LogP contribution in [0.5, 0.6) is 5.88 Å². The maximum atomic E-state index is 13.1. The molecule has 1 fully saturated rings. The van der Waals surface area contributed by atoms with Crippen LogP contribution in [0.3, 0.4) is 0 Å². The van der Waals surface area contributed by atoms with Crippen molar-refractivity contribution in [1.82, 2.24) is 14.5 Å². The first-order chi connectivity index (χ1) is 13.7. The zero-order chi connectivity index (χ0) is 21.2. The molecule has 6 nitrogen and oxygen atoms in total. The topological polar surface area (TPSA) is 83.0 Å². The fourth-order valence-corrected chi connectivity index (χ4v) is 3.50. The van der Waals surface area contributed by atoms with Gasteiger partial charge in [-0.2, -0.15) is 0 Å². The summed E-state index contributed by atoms with van der Waals surface area (Å²) in [5, 5.41) is 0.436. The first-order valence-corrected chi connectivity index (χ1v) is 10.4. The van der Waals surface area contributed by atoms with Gasteiger partial charge in [-0.25, -0.2) is 18.7 Å². The van der Waals surface area contributed by atoms with Gasteiger partial charge >= 0.3 is 0 Å². The van der Waals surface area contributed by atoms with E-state index in [1.165, 1.54) is 35.5 Å². The molecule has 1 aliphatic carbocycles. The highest BCUT2D eigenvalue weighted by Crippen LogP contribution is 2.39. The number of nitrogens with zero attached hydrogens (tertiary/aromatic N) is 3. The Morgan fingerprint density at radius 1 is 1.38 bits per heavy atom. The molecule has 2 aromatic rings. The molecule has 9 heteroatoms. The fourth-order valence-electron chi connectivity index (χ4n) is 2.84. The Bertz CT molecular complexity index is 981. The average Bonchev–Trinajstić information content (AvgIpc) is 3.50. The summed E-state index contributed by atoms with van der Waals surface area (Å²) in [5.41, 5.74) is 7.56. The van der Waals surface area contributed by atoms with E-state index in [0.717, 1.165) is 25.5 Å². The molecule has 0 aliphatic heterocycles. The highest BCUT2D eigenvalue weighted by Gasteiger charge is 2.27. The molecule has 29 heavy (non-hydrogen) atoms. The van der Waals surface area contributed by atoms with Crippen LogP contribution in [0.4, 0.5) is 8.78 Å². The number of rotatable bonds is 8. The lowest BCUT2D eigenvalue weighted by Gasteiger charge is -2.16. The summed E-state index contributed by atoms with van der Waals surface area (Å²) < 4.78 is 32.5. The van der Waals surface area contributed by atoms with Gasteiger partial charge in [0.1, 0.15) is 0 Å². The van der Waals surface area contributed by atoms with Gasteiger partial charge in [-0.1, -0.05) is 6.92 Å². The molecule has 0 aromatic carbocycles. The van der Waals surface area contributed by atoms with Gasteiger partial charge in [0.05, 0.1) is 16.2 Å². The van der Waals surface area contributed by atoms with Crippen molar-refractivity contribution in [2.75, 3.05) is 12.4 Å². The predicted octanol–water partition coefficient (Wildman–Crippen LogP) is 3.52. The fraction of sp³-hybridized carbons (Fsp3) is 0.450. The van der Waals surface area contributed by atoms with Crippen molar-refractivity contribution in [2.45, 2.75) is 38.5 Å². The predicted molar refractivity (Wildman–Crippen MR) is 110 cm³/mol. The first kappa shape index (κ1) is 21.3. The van der Waals surface area contributed by atoms with Crippen LogP contribution in [0.25, 0.3) is 5.57 Å². The van der Waals surface area contributed by atoms with Crippen LogP contribution in [0.2, 0.25) is 0 Å². The molecule has 2 heterocycles. The molecule has 3 rings (SSSR count). The van der Waals surface area contributed by atoms with Crippen molar-refractivity contribution < 1.29 is 13.5 Å². The molecule has 1 saturated carbocycles. The Hall–Kier alpha value is -2.42. The van der Waals surface area contributed by atoms with E-state index in [1.54, 1.807) is 6.20 Å². The van der Waals surface area contributed by atoms with E-state index in [1.807, 2.05) is 13.0 Å². The molecule has 0 saturated heterocycles. The van der Waals surface area contributed by atoms with E-state index in [-0.39, 0.29) is 5.88 Å². The normalized spacial score (nSPS) is 15.2. The second-order valence-electron chi connectivity index (χ2n) is 7.06. The van der Waals surface area contributed by atoms with E-state index in [9.17, 15) is 13.6 Å². The van der Waals surface area contributed by atoms with Gasteiger partial charge in [0, 0.05) is 31.8 Å². The zero-order valence-corrected chi connectivity index (χ0v) is 17.4. The average molecular weight is 423 g/mol. The molecule has 0 amide bonds. The molecule has 0 bridgehead atoms. The number of nitrogens with two attached hydrogens (primary N) is 1. The van der Waals surface area contributed by atoms with Crippen molar-refractivity contribution in [3.63, 3.8) is 0 Å². The summed E-state index contributed by atoms with van der Waals surface area (Å²) in [7, 11) is 1.47. The molecule has 156 valence electrons. The lowest BCUT2D eigenvalue weighted by molar-refractivity contribution is -0.0252. The number of hydrogen-bond acceptors (Lipinski definition) is 6. The van der Waals surface area contributed by atoms with Gasteiger partial charge in [0.25, 0.3) is 11.5 Å². The number of ether oxygens (including phenoxy) is 1. The Kier molecular flexibility index (Phi) is 6.26. The van der Waals surface area contributed by atoms with Gasteiger partial charge in [0.2, 0.25) is 0 Å². The van der Waals surface area contributed by atoms with Crippen LogP contribution in [0, 0.1) is 0 Å². The van der Waals surface area contributed by atoms with E-state index in [2.05, 4.69) is 9.97 Å². The summed E-state index contributed by atoms with van der Waals surface area (Å²) in [5.74, 6) is -1.43. The maximum absolute atomic E-state index is 13.1. The second-order valence-corrected chi connectivity index (χ2v) is 8.37. The molecule has 2 aromatic heterocycles. The summed E-state index contributed by atoms with van der Waals surface area (Å²) in [4.78, 5) is 22.0. The smallest absolute Gasteiger partial charge is 0.278 e. The molecule has 2 N–H and O–H groups in total. The van der Waals surface area contributed by atoms with E-state index >= 15 is 0 Å². The number of alkyl halides is 2. The summed E-state index contributed by atoms with van der Waals surface area (Å²) >= 11 is 1.39. The number of pyridine rings is 1. The maximum Gasteiger partial charge on any atom is 0.278 e. The first-order valence-electron chi connectivity index (χ1n) is 9.38. The minimum absolute atomic E-state index is 0.0500. The second kappa shape index (κ2) is 8.52. The molecule has 0 spiro atoms. The van der Waals surface area contributed by atoms with Gasteiger partial charge < -0.3 is 10.5 Å². The molecular weight excluding hydrogens is 398 g/mol. The van der Waals surface area contributed by atoms with Crippen LogP contribution in [-0.2, 0) is 7.05 Å². The summed E-state index contributed by atoms with van der Waals surface area (Å²) in [6.45, 7) is 1.90. The standard InChI is InChI=1S/C20H24F2N4O2S/c1-4-29-17(23)16(18-24-10-9-14(25-18)12-5-6-12)13-7-8-15(26(3)19(13)27)28-11-20(2,21)22/h7-10,12H,4-6,11,23H2,1-3H3/b17-16+. The van der Waals surface area contributed by atoms with Crippen LogP contribution >= 0.6 is 11.8 Å². The van der Waals surface area contributed by atoms with Gasteiger partial charge in [-0.05, 0) is 36.8 Å². The highest BCUT2D eigenvalue weighted by atomic mass is 32.2. The highest BCUT2D eigenvalue weighted by molar-refractivity contribution is 8.03. The molecule has 0 radical (unpaired) electrons. The molecular formula is C20H24F2N4O2S. The van der Waals surface area contributed by atoms with Gasteiger partial charge in [0.15, 0.2) is 18.3 Å². The Morgan fingerprint density at radius 3 is 2.72 bits per heavy atom. The monoisotopic (exact) mass is 422 g/mol. The van der Waals surface area contributed by atoms with Crippen LogP contribution in [0.1, 0.15) is 49.7 Å². The third kappa shape index (κ3) is 5.14. The molecule has 0 unspecified atom stereocenters. The lowest BCUT2D eigenvalue weighted by atomic mass is 10.1. The number of aromatic nitrogens is 3. The minimum atomic E-state index is -3.00. The molecule has 0 atom stereocenters. The van der Waals surface area contributed by atoms with E-state index in [4.69, 9.17) is 10.5 Å². The number of hydrogen-bond donors (Lipinski definition) is 1. The van der Waals surface area contributed by atoms with Crippen molar-refractivity contribution in [3.05, 3.63) is 56.9 Å². The third-order valence-electron chi connectivity index (χ3n) is 4.44. The third-order valence-corrected chi connectivity index (χ3v) is 5.25. The minimum Gasteiger partial charge on any atom is -0.472 e. The van der Waals surface area contributed by atoms with Gasteiger partial charge in [-0.15, -0.1) is 11.8 Å². The largest absolute Gasteiger partial charge is 0.472 e. The van der Waals surface area contributed by atoms with Crippen molar-refractivity contribution in [2.24, 2.45) is 12.8 Å². The zero-order valence-electron chi connectivity index (χ0n) is 16.6. The van der Waals surface area contributed by atoms with Crippen LogP contribution < -0.4 is 16.0 Å². The van der Waals surface area contributed by atoms with Crippen molar-refractivity contribution >= 4 is 17.3 Å². The number of halogens is 2. The summed E-state index contributed by atoms with van der Waals surface area (Å²) in [6, 6.07) is 4.88. The Morgan fingerprint density at radius 2 is 2.10 bits per heavy atom. The van der Waals surface area contributed by atoms with E-state index < -0.39 is 18.1 Å². The summed E-state index contributed by atoms with van der Waals surface area (Å²) in [6.07, 6.45) is 3.85. The SMILES string of the molecule is CCS/C(N)=C(/c1nccc(C2CC2)n1)c1ccc(OCC(C)(F)F)n(C)c1=O. The van der Waals surface area contributed by atoms with Gasteiger partial charge in [-0.3, -0.25) is 9.36 Å². The van der Waals surface area contributed by atoms with Crippen molar-refractivity contribution in [1.29, 1.82) is 0 Å². The Balaban J connectivity index is 2.05. The van der Waals surface area contributed by atoms with Crippen LogP contribution in [0.15, 0.2) is 34.2 Å². The Labute approximate surface area is 172 Å². The quantitative estimate of drug-likeness (QED) is 0.701. The van der Waals surface area contributed by atoms with E-state index in [0.29, 0.717) is 33.7 Å². The lowest BCUT2D eigenvalue weighted by Crippen LogP contribution is -2.27. The molecule has 1 aliphatic rings. The van der Waals surface area contributed by atoms with Crippen LogP contribution in [-0.4, -0.2) is 32.8 Å². The van der Waals surface area contributed by atoms with Crippen molar-refractivity contribution in [3.8, 4) is 5.88 Å².